The highest BCUT2D eigenvalue weighted by Crippen LogP contribution is 2.52. The molecule has 5 unspecified atom stereocenters. The van der Waals surface area contributed by atoms with Crippen molar-refractivity contribution in [3.63, 3.8) is 0 Å². The molecule has 2 saturated heterocycles. The van der Waals surface area contributed by atoms with Crippen molar-refractivity contribution in [1.29, 1.82) is 0 Å². The first-order chi connectivity index (χ1) is 9.35. The minimum atomic E-state index is -0.948. The zero-order valence-corrected chi connectivity index (χ0v) is 11.9. The summed E-state index contributed by atoms with van der Waals surface area (Å²) in [6, 6.07) is -0.0435. The minimum absolute atomic E-state index is 0.0435. The van der Waals surface area contributed by atoms with E-state index in [0.29, 0.717) is 6.54 Å². The molecule has 5 heteroatoms. The van der Waals surface area contributed by atoms with Crippen LogP contribution in [0.15, 0.2) is 23.8 Å². The van der Waals surface area contributed by atoms with Crippen molar-refractivity contribution in [3.05, 3.63) is 23.8 Å². The van der Waals surface area contributed by atoms with Gasteiger partial charge in [0.15, 0.2) is 0 Å². The topological polar surface area (TPSA) is 66.8 Å². The number of aliphatic carboxylic acids is 1. The summed E-state index contributed by atoms with van der Waals surface area (Å²) in [4.78, 5) is 25.8. The van der Waals surface area contributed by atoms with Gasteiger partial charge in [-0.25, -0.2) is 0 Å². The standard InChI is InChI=1S/C15H19NO4/c1-8(2)6-9(3)16-7-15-5-4-10(20-15)11(14(18)19)12(15)13(16)17/h4-6,9-12H,7H2,1-3H3,(H,18,19). The molecule has 0 aromatic rings. The van der Waals surface area contributed by atoms with Crippen LogP contribution in [0.3, 0.4) is 0 Å². The Morgan fingerprint density at radius 3 is 2.90 bits per heavy atom. The van der Waals surface area contributed by atoms with Gasteiger partial charge in [-0.15, -0.1) is 0 Å². The largest absolute Gasteiger partial charge is 0.481 e. The fourth-order valence-corrected chi connectivity index (χ4v) is 3.73. The monoisotopic (exact) mass is 277 g/mol. The van der Waals surface area contributed by atoms with Gasteiger partial charge < -0.3 is 14.7 Å². The maximum Gasteiger partial charge on any atom is 0.310 e. The second-order valence-corrected chi connectivity index (χ2v) is 6.19. The smallest absolute Gasteiger partial charge is 0.310 e. The first-order valence-electron chi connectivity index (χ1n) is 6.91. The second-order valence-electron chi connectivity index (χ2n) is 6.19. The van der Waals surface area contributed by atoms with Crippen LogP contribution in [0.5, 0.6) is 0 Å². The van der Waals surface area contributed by atoms with Gasteiger partial charge in [-0.3, -0.25) is 9.59 Å². The van der Waals surface area contributed by atoms with Crippen molar-refractivity contribution >= 4 is 11.9 Å². The van der Waals surface area contributed by atoms with Crippen molar-refractivity contribution in [2.75, 3.05) is 6.54 Å². The quantitative estimate of drug-likeness (QED) is 0.787. The Bertz CT molecular complexity index is 534. The van der Waals surface area contributed by atoms with E-state index in [2.05, 4.69) is 0 Å². The van der Waals surface area contributed by atoms with Crippen LogP contribution in [0.1, 0.15) is 20.8 Å². The molecule has 1 amide bonds. The molecule has 0 aromatic heterocycles. The number of carbonyl (C=O) groups is 2. The number of amides is 1. The molecule has 5 nitrogen and oxygen atoms in total. The van der Waals surface area contributed by atoms with Gasteiger partial charge in [-0.1, -0.05) is 23.8 Å². The molecule has 0 radical (unpaired) electrons. The maximum absolute atomic E-state index is 12.6. The van der Waals surface area contributed by atoms with E-state index in [0.717, 1.165) is 5.57 Å². The van der Waals surface area contributed by atoms with E-state index in [-0.39, 0.29) is 11.9 Å². The van der Waals surface area contributed by atoms with Crippen LogP contribution in [-0.4, -0.2) is 46.2 Å². The lowest BCUT2D eigenvalue weighted by Gasteiger charge is -2.25. The number of rotatable bonds is 3. The van der Waals surface area contributed by atoms with Gasteiger partial charge in [0.05, 0.1) is 18.6 Å². The summed E-state index contributed by atoms with van der Waals surface area (Å²) in [7, 11) is 0. The molecule has 3 rings (SSSR count). The Kier molecular flexibility index (Phi) is 2.80. The van der Waals surface area contributed by atoms with E-state index in [9.17, 15) is 14.7 Å². The second kappa shape index (κ2) is 4.19. The number of fused-ring (bicyclic) bond motifs is 1. The molecule has 0 aromatic carbocycles. The molecule has 5 atom stereocenters. The Hall–Kier alpha value is -1.62. The molecule has 3 heterocycles. The van der Waals surface area contributed by atoms with Crippen LogP contribution in [0, 0.1) is 11.8 Å². The molecule has 0 aliphatic carbocycles. The van der Waals surface area contributed by atoms with E-state index in [1.807, 2.05) is 32.9 Å². The zero-order chi connectivity index (χ0) is 14.7. The van der Waals surface area contributed by atoms with Crippen LogP contribution in [0.4, 0.5) is 0 Å². The third-order valence-electron chi connectivity index (χ3n) is 4.48. The number of nitrogens with zero attached hydrogens (tertiary/aromatic N) is 1. The van der Waals surface area contributed by atoms with Crippen molar-refractivity contribution in [3.8, 4) is 0 Å². The molecule has 2 fully saturated rings. The van der Waals surface area contributed by atoms with Crippen LogP contribution in [-0.2, 0) is 14.3 Å². The molecule has 1 N–H and O–H groups in total. The van der Waals surface area contributed by atoms with Gasteiger partial charge in [0, 0.05) is 6.04 Å². The summed E-state index contributed by atoms with van der Waals surface area (Å²) in [5, 5.41) is 9.37. The lowest BCUT2D eigenvalue weighted by molar-refractivity contribution is -0.148. The number of ether oxygens (including phenoxy) is 1. The van der Waals surface area contributed by atoms with Crippen LogP contribution in [0.2, 0.25) is 0 Å². The lowest BCUT2D eigenvalue weighted by Crippen LogP contribution is -2.40. The summed E-state index contributed by atoms with van der Waals surface area (Å²) in [6.07, 6.45) is 5.23. The van der Waals surface area contributed by atoms with Crippen LogP contribution in [0.25, 0.3) is 0 Å². The Balaban J connectivity index is 1.93. The summed E-state index contributed by atoms with van der Waals surface area (Å²) < 4.78 is 5.84. The number of likely N-dealkylation sites (tertiary alicyclic amines) is 1. The summed E-state index contributed by atoms with van der Waals surface area (Å²) in [5.74, 6) is -2.38. The molecule has 1 spiro atoms. The average Bonchev–Trinajstić information content (AvgIpc) is 2.96. The molecular formula is C15H19NO4. The van der Waals surface area contributed by atoms with Crippen molar-refractivity contribution in [2.24, 2.45) is 11.8 Å². The number of carboxylic acids is 1. The first-order valence-corrected chi connectivity index (χ1v) is 6.91. The predicted molar refractivity (Wildman–Crippen MR) is 72.0 cm³/mol. The van der Waals surface area contributed by atoms with Crippen LogP contribution < -0.4 is 0 Å². The van der Waals surface area contributed by atoms with Gasteiger partial charge >= 0.3 is 5.97 Å². The summed E-state index contributed by atoms with van der Waals surface area (Å²) in [5.41, 5.74) is 0.407. The highest BCUT2D eigenvalue weighted by atomic mass is 16.5. The number of carbonyl (C=O) groups excluding carboxylic acids is 1. The van der Waals surface area contributed by atoms with Gasteiger partial charge in [-0.2, -0.15) is 0 Å². The van der Waals surface area contributed by atoms with E-state index in [4.69, 9.17) is 4.74 Å². The molecule has 0 saturated carbocycles. The lowest BCUT2D eigenvalue weighted by atomic mass is 9.77. The van der Waals surface area contributed by atoms with E-state index in [1.54, 1.807) is 11.0 Å². The predicted octanol–water partition coefficient (Wildman–Crippen LogP) is 1.21. The molecule has 2 bridgehead atoms. The number of hydrogen-bond donors (Lipinski definition) is 1. The highest BCUT2D eigenvalue weighted by molar-refractivity contribution is 5.91. The fraction of sp³-hybridized carbons (Fsp3) is 0.600. The molecule has 3 aliphatic heterocycles. The molecule has 20 heavy (non-hydrogen) atoms. The molecule has 3 aliphatic rings. The van der Waals surface area contributed by atoms with E-state index >= 15 is 0 Å². The summed E-state index contributed by atoms with van der Waals surface area (Å²) >= 11 is 0. The fourth-order valence-electron chi connectivity index (χ4n) is 3.73. The zero-order valence-electron chi connectivity index (χ0n) is 11.9. The number of allylic oxidation sites excluding steroid dienone is 1. The van der Waals surface area contributed by atoms with E-state index < -0.39 is 29.5 Å². The highest BCUT2D eigenvalue weighted by Gasteiger charge is 2.67. The Morgan fingerprint density at radius 2 is 2.30 bits per heavy atom. The third-order valence-corrected chi connectivity index (χ3v) is 4.48. The van der Waals surface area contributed by atoms with Crippen LogP contribution >= 0.6 is 0 Å². The van der Waals surface area contributed by atoms with Gasteiger partial charge in [0.25, 0.3) is 0 Å². The maximum atomic E-state index is 12.6. The van der Waals surface area contributed by atoms with Crippen molar-refractivity contribution in [1.82, 2.24) is 4.90 Å². The summed E-state index contributed by atoms with van der Waals surface area (Å²) in [6.45, 7) is 6.36. The number of hydrogen-bond acceptors (Lipinski definition) is 3. The minimum Gasteiger partial charge on any atom is -0.481 e. The van der Waals surface area contributed by atoms with Crippen molar-refractivity contribution < 1.29 is 19.4 Å². The van der Waals surface area contributed by atoms with E-state index in [1.165, 1.54) is 0 Å². The van der Waals surface area contributed by atoms with Gasteiger partial charge in [-0.05, 0) is 20.8 Å². The Labute approximate surface area is 117 Å². The third kappa shape index (κ3) is 1.66. The number of carboxylic acid groups (broad SMARTS) is 1. The van der Waals surface area contributed by atoms with Gasteiger partial charge in [0.2, 0.25) is 5.91 Å². The normalized spacial score (nSPS) is 39.0. The van der Waals surface area contributed by atoms with Crippen molar-refractivity contribution in [2.45, 2.75) is 38.5 Å². The SMILES string of the molecule is CC(C)=CC(C)N1CC23C=CC(O2)C(C(=O)O)C3C1=O. The Morgan fingerprint density at radius 1 is 1.60 bits per heavy atom. The molecular weight excluding hydrogens is 258 g/mol. The molecule has 108 valence electrons. The first kappa shape index (κ1) is 13.4. The van der Waals surface area contributed by atoms with Gasteiger partial charge in [0.1, 0.15) is 11.5 Å². The average molecular weight is 277 g/mol.